The number of nitrogens with zero attached hydrogens (tertiary/aromatic N) is 1. The molecule has 0 bridgehead atoms. The Balaban J connectivity index is 0.00000280. The van der Waals surface area contributed by atoms with Crippen molar-refractivity contribution in [3.63, 3.8) is 0 Å². The molecule has 0 saturated carbocycles. The Morgan fingerprint density at radius 2 is 1.82 bits per heavy atom. The highest BCUT2D eigenvalue weighted by atomic mass is 127. The maximum absolute atomic E-state index is 6.11. The van der Waals surface area contributed by atoms with E-state index in [-0.39, 0.29) is 30.1 Å². The molecular formula is C23H32IN3O. The van der Waals surface area contributed by atoms with Crippen molar-refractivity contribution < 1.29 is 4.74 Å². The van der Waals surface area contributed by atoms with Crippen LogP contribution in [0.15, 0.2) is 59.6 Å². The predicted molar refractivity (Wildman–Crippen MR) is 127 cm³/mol. The average Bonchev–Trinajstić information content (AvgIpc) is 2.72. The van der Waals surface area contributed by atoms with Gasteiger partial charge in [0, 0.05) is 25.6 Å². The number of guanidine groups is 1. The Labute approximate surface area is 186 Å². The highest BCUT2D eigenvalue weighted by molar-refractivity contribution is 14.0. The summed E-state index contributed by atoms with van der Waals surface area (Å²) in [5.74, 6) is 1.32. The maximum Gasteiger partial charge on any atom is 0.191 e. The molecule has 0 aliphatic carbocycles. The molecule has 2 aromatic carbocycles. The van der Waals surface area contributed by atoms with E-state index < -0.39 is 0 Å². The molecule has 0 amide bonds. The third-order valence-electron chi connectivity index (χ3n) is 5.12. The Morgan fingerprint density at radius 1 is 1.07 bits per heavy atom. The second-order valence-electron chi connectivity index (χ2n) is 7.11. The third-order valence-corrected chi connectivity index (χ3v) is 5.12. The van der Waals surface area contributed by atoms with Gasteiger partial charge in [-0.25, -0.2) is 4.99 Å². The zero-order valence-electron chi connectivity index (χ0n) is 16.9. The van der Waals surface area contributed by atoms with Crippen molar-refractivity contribution in [2.45, 2.75) is 39.3 Å². The summed E-state index contributed by atoms with van der Waals surface area (Å²) in [4.78, 5) is 4.78. The summed E-state index contributed by atoms with van der Waals surface area (Å²) >= 11 is 0. The van der Waals surface area contributed by atoms with E-state index in [0.717, 1.165) is 32.1 Å². The molecule has 1 aliphatic heterocycles. The van der Waals surface area contributed by atoms with E-state index in [1.807, 2.05) is 0 Å². The van der Waals surface area contributed by atoms with Crippen LogP contribution in [0.2, 0.25) is 0 Å². The van der Waals surface area contributed by atoms with Crippen LogP contribution in [0.25, 0.3) is 0 Å². The standard InChI is InChI=1S/C23H31N3O.HI/c1-3-24-23(25-16-20-13-8-7-10-18(20)2)26-17-21-14-9-15-27-22(21)19-11-5-4-6-12-19;/h4-8,10-13,21-22H,3,9,14-17H2,1-2H3,(H2,24,25,26);1H. The van der Waals surface area contributed by atoms with Gasteiger partial charge in [-0.1, -0.05) is 54.6 Å². The number of nitrogens with one attached hydrogen (secondary N) is 2. The van der Waals surface area contributed by atoms with Crippen LogP contribution in [0.3, 0.4) is 0 Å². The molecule has 1 heterocycles. The van der Waals surface area contributed by atoms with Crippen LogP contribution in [0.4, 0.5) is 0 Å². The van der Waals surface area contributed by atoms with Gasteiger partial charge in [-0.2, -0.15) is 0 Å². The quantitative estimate of drug-likeness (QED) is 0.344. The van der Waals surface area contributed by atoms with Crippen molar-refractivity contribution in [3.05, 3.63) is 71.3 Å². The smallest absolute Gasteiger partial charge is 0.191 e. The van der Waals surface area contributed by atoms with Crippen molar-refractivity contribution in [1.82, 2.24) is 10.6 Å². The molecule has 1 aliphatic rings. The Morgan fingerprint density at radius 3 is 2.57 bits per heavy atom. The minimum absolute atomic E-state index is 0. The fourth-order valence-corrected chi connectivity index (χ4v) is 3.58. The predicted octanol–water partition coefficient (Wildman–Crippen LogP) is 4.84. The Hall–Kier alpha value is -1.60. The maximum atomic E-state index is 6.11. The van der Waals surface area contributed by atoms with E-state index in [2.05, 4.69) is 79.1 Å². The van der Waals surface area contributed by atoms with Gasteiger partial charge in [0.15, 0.2) is 5.96 Å². The van der Waals surface area contributed by atoms with Crippen molar-refractivity contribution >= 4 is 29.9 Å². The molecule has 0 radical (unpaired) electrons. The van der Waals surface area contributed by atoms with Gasteiger partial charge in [-0.05, 0) is 43.4 Å². The van der Waals surface area contributed by atoms with Gasteiger partial charge in [0.05, 0.1) is 12.6 Å². The van der Waals surface area contributed by atoms with Crippen molar-refractivity contribution in [3.8, 4) is 0 Å². The highest BCUT2D eigenvalue weighted by Crippen LogP contribution is 2.33. The SMILES string of the molecule is CCNC(=NCc1ccccc1C)NCC1CCCOC1c1ccccc1.I. The molecule has 2 atom stereocenters. The molecule has 1 fully saturated rings. The summed E-state index contributed by atoms with van der Waals surface area (Å²) in [5.41, 5.74) is 3.81. The van der Waals surface area contributed by atoms with E-state index in [0.29, 0.717) is 12.5 Å². The van der Waals surface area contributed by atoms with E-state index in [1.54, 1.807) is 0 Å². The number of hydrogen-bond donors (Lipinski definition) is 2. The number of halogens is 1. The number of aryl methyl sites for hydroxylation is 1. The highest BCUT2D eigenvalue weighted by Gasteiger charge is 2.27. The lowest BCUT2D eigenvalue weighted by atomic mass is 9.89. The van der Waals surface area contributed by atoms with E-state index in [1.165, 1.54) is 23.1 Å². The zero-order valence-corrected chi connectivity index (χ0v) is 19.2. The molecule has 1 saturated heterocycles. The monoisotopic (exact) mass is 493 g/mol. The lowest BCUT2D eigenvalue weighted by Crippen LogP contribution is -2.42. The molecule has 0 spiro atoms. The van der Waals surface area contributed by atoms with Crippen LogP contribution >= 0.6 is 24.0 Å². The molecule has 2 aromatic rings. The van der Waals surface area contributed by atoms with E-state index in [4.69, 9.17) is 9.73 Å². The summed E-state index contributed by atoms with van der Waals surface area (Å²) in [6, 6.07) is 19.0. The fourth-order valence-electron chi connectivity index (χ4n) is 3.58. The van der Waals surface area contributed by atoms with Gasteiger partial charge >= 0.3 is 0 Å². The molecule has 4 nitrogen and oxygen atoms in total. The number of benzene rings is 2. The van der Waals surface area contributed by atoms with Crippen LogP contribution in [-0.2, 0) is 11.3 Å². The molecule has 5 heteroatoms. The van der Waals surface area contributed by atoms with Gasteiger partial charge in [0.1, 0.15) is 0 Å². The topological polar surface area (TPSA) is 45.7 Å². The first-order chi connectivity index (χ1) is 13.3. The van der Waals surface area contributed by atoms with Gasteiger partial charge < -0.3 is 15.4 Å². The summed E-state index contributed by atoms with van der Waals surface area (Å²) in [6.45, 7) is 7.47. The van der Waals surface area contributed by atoms with Gasteiger partial charge in [0.2, 0.25) is 0 Å². The normalized spacial score (nSPS) is 19.6. The third kappa shape index (κ3) is 6.48. The Kier molecular flexibility index (Phi) is 9.78. The summed E-state index contributed by atoms with van der Waals surface area (Å²) in [6.07, 6.45) is 2.45. The second-order valence-corrected chi connectivity index (χ2v) is 7.11. The first-order valence-electron chi connectivity index (χ1n) is 10.0. The van der Waals surface area contributed by atoms with Crippen molar-refractivity contribution in [1.29, 1.82) is 0 Å². The van der Waals surface area contributed by atoms with Gasteiger partial charge in [-0.3, -0.25) is 0 Å². The number of aliphatic imine (C=N–C) groups is 1. The zero-order chi connectivity index (χ0) is 18.9. The number of rotatable bonds is 6. The summed E-state index contributed by atoms with van der Waals surface area (Å²) < 4.78 is 6.11. The van der Waals surface area contributed by atoms with Gasteiger partial charge in [-0.15, -0.1) is 24.0 Å². The molecule has 28 heavy (non-hydrogen) atoms. The molecular weight excluding hydrogens is 461 g/mol. The van der Waals surface area contributed by atoms with Crippen LogP contribution in [0.5, 0.6) is 0 Å². The van der Waals surface area contributed by atoms with Crippen LogP contribution < -0.4 is 10.6 Å². The minimum atomic E-state index is 0. The molecule has 0 aromatic heterocycles. The average molecular weight is 493 g/mol. The van der Waals surface area contributed by atoms with E-state index in [9.17, 15) is 0 Å². The second kappa shape index (κ2) is 12.1. The lowest BCUT2D eigenvalue weighted by molar-refractivity contribution is -0.0265. The molecule has 2 unspecified atom stereocenters. The molecule has 2 N–H and O–H groups in total. The lowest BCUT2D eigenvalue weighted by Gasteiger charge is -2.32. The van der Waals surface area contributed by atoms with Crippen LogP contribution in [-0.4, -0.2) is 25.7 Å². The summed E-state index contributed by atoms with van der Waals surface area (Å²) in [5, 5.41) is 6.90. The first-order valence-corrected chi connectivity index (χ1v) is 10.0. The largest absolute Gasteiger partial charge is 0.373 e. The van der Waals surface area contributed by atoms with Crippen molar-refractivity contribution in [2.75, 3.05) is 19.7 Å². The van der Waals surface area contributed by atoms with Crippen LogP contribution in [0.1, 0.15) is 42.6 Å². The van der Waals surface area contributed by atoms with E-state index >= 15 is 0 Å². The number of ether oxygens (including phenoxy) is 1. The minimum Gasteiger partial charge on any atom is -0.373 e. The van der Waals surface area contributed by atoms with Crippen molar-refractivity contribution in [2.24, 2.45) is 10.9 Å². The Bertz CT molecular complexity index is 736. The molecule has 3 rings (SSSR count). The number of hydrogen-bond acceptors (Lipinski definition) is 2. The molecule has 152 valence electrons. The van der Waals surface area contributed by atoms with Crippen LogP contribution in [0, 0.1) is 12.8 Å². The van der Waals surface area contributed by atoms with Gasteiger partial charge in [0.25, 0.3) is 0 Å². The summed E-state index contributed by atoms with van der Waals surface area (Å²) in [7, 11) is 0. The first kappa shape index (κ1) is 22.7. The fraction of sp³-hybridized carbons (Fsp3) is 0.435.